The number of aliphatic carboxylic acids is 2. The summed E-state index contributed by atoms with van der Waals surface area (Å²) in [5.41, 5.74) is 0. The number of carboxylic acid groups (broad SMARTS) is 2. The summed E-state index contributed by atoms with van der Waals surface area (Å²) >= 11 is 0. The molecule has 0 aromatic heterocycles. The fourth-order valence-corrected chi connectivity index (χ4v) is 5.00. The molecule has 32 heavy (non-hydrogen) atoms. The summed E-state index contributed by atoms with van der Waals surface area (Å²) in [6, 6.07) is 0. The molecule has 0 heterocycles. The van der Waals surface area contributed by atoms with Crippen LogP contribution in [-0.2, 0) is 9.59 Å². The van der Waals surface area contributed by atoms with E-state index in [1.54, 1.807) is 13.8 Å². The third-order valence-electron chi connectivity index (χ3n) is 4.85. The van der Waals surface area contributed by atoms with Crippen LogP contribution in [0.2, 0.25) is 0 Å². The molecule has 0 aliphatic carbocycles. The van der Waals surface area contributed by atoms with E-state index in [1.807, 2.05) is 0 Å². The van der Waals surface area contributed by atoms with Gasteiger partial charge in [0.25, 0.3) is 0 Å². The van der Waals surface area contributed by atoms with Crippen molar-refractivity contribution < 1.29 is 19.8 Å². The van der Waals surface area contributed by atoms with Crippen molar-refractivity contribution in [1.29, 1.82) is 0 Å². The zero-order chi connectivity index (χ0) is 24.7. The highest BCUT2D eigenvalue weighted by molar-refractivity contribution is 8.76. The van der Waals surface area contributed by atoms with Crippen LogP contribution in [0.3, 0.4) is 0 Å². The van der Waals surface area contributed by atoms with E-state index >= 15 is 0 Å². The Hall–Kier alpha value is -0.360. The fraction of sp³-hybridized carbons (Fsp3) is 0.923. The Balaban J connectivity index is -0.000000695. The van der Waals surface area contributed by atoms with Crippen LogP contribution >= 0.6 is 21.6 Å². The lowest BCUT2D eigenvalue weighted by Gasteiger charge is -2.03. The molecule has 0 rings (SSSR count). The number of hydrogen-bond donors (Lipinski definition) is 2. The lowest BCUT2D eigenvalue weighted by molar-refractivity contribution is -0.137. The molecule has 6 heteroatoms. The van der Waals surface area contributed by atoms with E-state index in [0.717, 1.165) is 0 Å². The highest BCUT2D eigenvalue weighted by atomic mass is 33.1. The van der Waals surface area contributed by atoms with Gasteiger partial charge in [0.05, 0.1) is 0 Å². The molecule has 2 N–H and O–H groups in total. The Morgan fingerprint density at radius 3 is 0.906 bits per heavy atom. The molecule has 0 amide bonds. The average molecular weight is 495 g/mol. The van der Waals surface area contributed by atoms with Crippen molar-refractivity contribution in [2.45, 2.75) is 143 Å². The van der Waals surface area contributed by atoms with Gasteiger partial charge in [-0.3, -0.25) is 9.59 Å². The van der Waals surface area contributed by atoms with Gasteiger partial charge < -0.3 is 10.2 Å². The minimum absolute atomic E-state index is 0.222. The predicted molar refractivity (Wildman–Crippen MR) is 146 cm³/mol. The molecule has 0 atom stereocenters. The van der Waals surface area contributed by atoms with Gasteiger partial charge in [-0.15, -0.1) is 0 Å². The maximum Gasteiger partial charge on any atom is 0.303 e. The standard InChI is InChI=1S/C20H42S2.2C3H6O2/c1-3-5-7-9-11-13-15-17-19-21-22-20-18-16-14-12-10-8-6-4-2;2*1-2-3(4)5/h3-20H2,1-2H3;2*2H2,1H3,(H,4,5). The SMILES string of the molecule is CCC(=O)O.CCC(=O)O.CCCCCCCCCCSSCCCCCCCCCC. The Kier molecular flexibility index (Phi) is 39.9. The van der Waals surface area contributed by atoms with Crippen LogP contribution in [-0.4, -0.2) is 33.7 Å². The Labute approximate surface area is 207 Å². The molecule has 0 aliphatic rings. The van der Waals surface area contributed by atoms with Crippen LogP contribution in [0.25, 0.3) is 0 Å². The topological polar surface area (TPSA) is 74.6 Å². The van der Waals surface area contributed by atoms with Crippen molar-refractivity contribution in [2.75, 3.05) is 11.5 Å². The Morgan fingerprint density at radius 2 is 0.688 bits per heavy atom. The number of carbonyl (C=O) groups is 2. The number of carboxylic acids is 2. The van der Waals surface area contributed by atoms with Gasteiger partial charge >= 0.3 is 11.9 Å². The molecule has 0 aromatic carbocycles. The second-order valence-corrected chi connectivity index (χ2v) is 10.8. The normalized spacial score (nSPS) is 10.0. The molecule has 0 unspecified atom stereocenters. The molecule has 4 nitrogen and oxygen atoms in total. The van der Waals surface area contributed by atoms with Gasteiger partial charge in [-0.25, -0.2) is 0 Å². The predicted octanol–water partition coefficient (Wildman–Crippen LogP) is 9.61. The van der Waals surface area contributed by atoms with E-state index in [1.165, 1.54) is 114 Å². The van der Waals surface area contributed by atoms with Crippen LogP contribution in [0, 0.1) is 0 Å². The fourth-order valence-electron chi connectivity index (χ4n) is 2.71. The number of rotatable bonds is 21. The molecule has 0 saturated heterocycles. The summed E-state index contributed by atoms with van der Waals surface area (Å²) < 4.78 is 0. The van der Waals surface area contributed by atoms with Crippen molar-refractivity contribution in [3.63, 3.8) is 0 Å². The van der Waals surface area contributed by atoms with Crippen LogP contribution in [0.4, 0.5) is 0 Å². The van der Waals surface area contributed by atoms with Crippen LogP contribution < -0.4 is 0 Å². The zero-order valence-corrected chi connectivity index (χ0v) is 23.3. The number of unbranched alkanes of at least 4 members (excludes halogenated alkanes) is 14. The van der Waals surface area contributed by atoms with Gasteiger partial charge in [0.15, 0.2) is 0 Å². The molecule has 0 fully saturated rings. The summed E-state index contributed by atoms with van der Waals surface area (Å²) in [5, 5.41) is 15.4. The summed E-state index contributed by atoms with van der Waals surface area (Å²) in [4.78, 5) is 18.7. The lowest BCUT2D eigenvalue weighted by Crippen LogP contribution is -1.86. The maximum absolute atomic E-state index is 9.37. The van der Waals surface area contributed by atoms with E-state index in [4.69, 9.17) is 10.2 Å². The molecule has 0 saturated carbocycles. The second kappa shape index (κ2) is 35.2. The quantitative estimate of drug-likeness (QED) is 0.122. The molecular weight excluding hydrogens is 440 g/mol. The monoisotopic (exact) mass is 494 g/mol. The average Bonchev–Trinajstić information content (AvgIpc) is 2.79. The van der Waals surface area contributed by atoms with Crippen molar-refractivity contribution in [2.24, 2.45) is 0 Å². The molecule has 194 valence electrons. The molecule has 0 radical (unpaired) electrons. The first-order chi connectivity index (χ1) is 15.5. The molecular formula is C26H54O4S2. The second-order valence-electron chi connectivity index (χ2n) is 8.09. The van der Waals surface area contributed by atoms with Gasteiger partial charge in [-0.1, -0.05) is 139 Å². The van der Waals surface area contributed by atoms with E-state index in [2.05, 4.69) is 35.4 Å². The Bertz CT molecular complexity index is 332. The summed E-state index contributed by atoms with van der Waals surface area (Å²) in [5.74, 6) is 1.25. The highest BCUT2D eigenvalue weighted by Gasteiger charge is 1.95. The third-order valence-corrected chi connectivity index (χ3v) is 7.43. The third kappa shape index (κ3) is 47.4. The zero-order valence-electron chi connectivity index (χ0n) is 21.7. The molecule has 0 bridgehead atoms. The molecule has 0 aromatic rings. The first kappa shape index (κ1) is 36.2. The molecule has 0 spiro atoms. The van der Waals surface area contributed by atoms with E-state index in [-0.39, 0.29) is 12.8 Å². The van der Waals surface area contributed by atoms with Crippen LogP contribution in [0.1, 0.15) is 143 Å². The van der Waals surface area contributed by atoms with Crippen molar-refractivity contribution in [1.82, 2.24) is 0 Å². The van der Waals surface area contributed by atoms with Gasteiger partial charge in [-0.2, -0.15) is 0 Å². The van der Waals surface area contributed by atoms with Crippen molar-refractivity contribution >= 4 is 33.5 Å². The van der Waals surface area contributed by atoms with E-state index < -0.39 is 11.9 Å². The summed E-state index contributed by atoms with van der Waals surface area (Å²) in [6.07, 6.45) is 23.5. The van der Waals surface area contributed by atoms with E-state index in [9.17, 15) is 9.59 Å². The van der Waals surface area contributed by atoms with Gasteiger partial charge in [-0.05, 0) is 12.8 Å². The maximum atomic E-state index is 9.37. The van der Waals surface area contributed by atoms with E-state index in [0.29, 0.717) is 0 Å². The minimum Gasteiger partial charge on any atom is -0.481 e. The first-order valence-corrected chi connectivity index (χ1v) is 15.6. The highest BCUT2D eigenvalue weighted by Crippen LogP contribution is 2.24. The Morgan fingerprint density at radius 1 is 0.469 bits per heavy atom. The van der Waals surface area contributed by atoms with Gasteiger partial charge in [0, 0.05) is 24.3 Å². The van der Waals surface area contributed by atoms with Gasteiger partial charge in [0.1, 0.15) is 0 Å². The summed E-state index contributed by atoms with van der Waals surface area (Å²) in [6.45, 7) is 7.79. The smallest absolute Gasteiger partial charge is 0.303 e. The lowest BCUT2D eigenvalue weighted by atomic mass is 10.1. The van der Waals surface area contributed by atoms with Crippen molar-refractivity contribution in [3.05, 3.63) is 0 Å². The number of hydrogen-bond acceptors (Lipinski definition) is 4. The van der Waals surface area contributed by atoms with Crippen LogP contribution in [0.5, 0.6) is 0 Å². The molecule has 0 aliphatic heterocycles. The van der Waals surface area contributed by atoms with Crippen LogP contribution in [0.15, 0.2) is 0 Å². The first-order valence-electron chi connectivity index (χ1n) is 13.1. The minimum atomic E-state index is -0.745. The van der Waals surface area contributed by atoms with Crippen molar-refractivity contribution in [3.8, 4) is 0 Å². The largest absolute Gasteiger partial charge is 0.481 e. The van der Waals surface area contributed by atoms with Gasteiger partial charge in [0.2, 0.25) is 0 Å². The summed E-state index contributed by atoms with van der Waals surface area (Å²) in [7, 11) is 4.23.